The molecular formula is C13H22N2O2. The predicted octanol–water partition coefficient (Wildman–Crippen LogP) is 1.07. The molecule has 0 aromatic heterocycles. The molecule has 0 atom stereocenters. The van der Waals surface area contributed by atoms with Crippen molar-refractivity contribution in [2.24, 2.45) is 5.73 Å². The molecule has 0 amide bonds. The molecule has 0 bridgehead atoms. The Kier molecular flexibility index (Phi) is 6.81. The van der Waals surface area contributed by atoms with Crippen LogP contribution in [-0.2, 0) is 16.0 Å². The molecule has 0 aliphatic rings. The van der Waals surface area contributed by atoms with Crippen LogP contribution in [-0.4, -0.2) is 45.0 Å². The van der Waals surface area contributed by atoms with Crippen LogP contribution in [0.1, 0.15) is 5.56 Å². The van der Waals surface area contributed by atoms with Gasteiger partial charge in [0.2, 0.25) is 0 Å². The Balaban J connectivity index is 2.53. The summed E-state index contributed by atoms with van der Waals surface area (Å²) in [7, 11) is 3.30. The smallest absolute Gasteiger partial charge is 0.169 e. The van der Waals surface area contributed by atoms with Gasteiger partial charge in [0.25, 0.3) is 0 Å². The Morgan fingerprint density at radius 1 is 1.18 bits per heavy atom. The van der Waals surface area contributed by atoms with Crippen LogP contribution >= 0.6 is 0 Å². The molecule has 96 valence electrons. The quantitative estimate of drug-likeness (QED) is 0.688. The van der Waals surface area contributed by atoms with E-state index in [0.29, 0.717) is 6.54 Å². The molecule has 0 aliphatic heterocycles. The van der Waals surface area contributed by atoms with Gasteiger partial charge in [-0.05, 0) is 5.56 Å². The molecule has 0 saturated heterocycles. The van der Waals surface area contributed by atoms with Gasteiger partial charge in [-0.3, -0.25) is 4.90 Å². The van der Waals surface area contributed by atoms with Crippen LogP contribution in [0.15, 0.2) is 30.3 Å². The predicted molar refractivity (Wildman–Crippen MR) is 68.6 cm³/mol. The number of methoxy groups -OCH3 is 2. The van der Waals surface area contributed by atoms with E-state index in [2.05, 4.69) is 17.0 Å². The fraction of sp³-hybridized carbons (Fsp3) is 0.538. The molecule has 0 saturated carbocycles. The average Bonchev–Trinajstić information content (AvgIpc) is 2.37. The van der Waals surface area contributed by atoms with E-state index in [0.717, 1.165) is 19.6 Å². The zero-order chi connectivity index (χ0) is 12.5. The number of ether oxygens (including phenoxy) is 2. The van der Waals surface area contributed by atoms with Crippen LogP contribution in [0, 0.1) is 0 Å². The molecule has 0 heterocycles. The van der Waals surface area contributed by atoms with Crippen LogP contribution < -0.4 is 5.73 Å². The SMILES string of the molecule is COC(CN(CCN)Cc1ccccc1)OC. The van der Waals surface area contributed by atoms with E-state index in [1.165, 1.54) is 5.56 Å². The molecule has 1 aromatic rings. The van der Waals surface area contributed by atoms with Crippen molar-refractivity contribution in [3.8, 4) is 0 Å². The first-order valence-corrected chi connectivity index (χ1v) is 5.82. The summed E-state index contributed by atoms with van der Waals surface area (Å²) in [6, 6.07) is 10.3. The van der Waals surface area contributed by atoms with Gasteiger partial charge >= 0.3 is 0 Å². The lowest BCUT2D eigenvalue weighted by Gasteiger charge is -2.25. The minimum Gasteiger partial charge on any atom is -0.355 e. The summed E-state index contributed by atoms with van der Waals surface area (Å²) in [5, 5.41) is 0. The number of hydrogen-bond acceptors (Lipinski definition) is 4. The van der Waals surface area contributed by atoms with Crippen molar-refractivity contribution in [3.63, 3.8) is 0 Å². The lowest BCUT2D eigenvalue weighted by Crippen LogP contribution is -2.37. The number of hydrogen-bond donors (Lipinski definition) is 1. The van der Waals surface area contributed by atoms with Crippen molar-refractivity contribution < 1.29 is 9.47 Å². The summed E-state index contributed by atoms with van der Waals surface area (Å²) in [4.78, 5) is 2.23. The van der Waals surface area contributed by atoms with E-state index in [1.54, 1.807) is 14.2 Å². The normalized spacial score (nSPS) is 11.4. The van der Waals surface area contributed by atoms with E-state index in [9.17, 15) is 0 Å². The minimum absolute atomic E-state index is 0.203. The zero-order valence-corrected chi connectivity index (χ0v) is 10.6. The lowest BCUT2D eigenvalue weighted by molar-refractivity contribution is -0.116. The lowest BCUT2D eigenvalue weighted by atomic mass is 10.2. The first-order chi connectivity index (χ1) is 8.30. The Labute approximate surface area is 103 Å². The van der Waals surface area contributed by atoms with Gasteiger partial charge in [-0.15, -0.1) is 0 Å². The summed E-state index contributed by atoms with van der Waals surface area (Å²) >= 11 is 0. The van der Waals surface area contributed by atoms with E-state index in [-0.39, 0.29) is 6.29 Å². The highest BCUT2D eigenvalue weighted by molar-refractivity contribution is 5.14. The maximum atomic E-state index is 5.62. The largest absolute Gasteiger partial charge is 0.355 e. The molecule has 2 N–H and O–H groups in total. The molecule has 4 nitrogen and oxygen atoms in total. The fourth-order valence-corrected chi connectivity index (χ4v) is 1.72. The highest BCUT2D eigenvalue weighted by Gasteiger charge is 2.12. The van der Waals surface area contributed by atoms with Gasteiger partial charge in [0.1, 0.15) is 0 Å². The molecule has 17 heavy (non-hydrogen) atoms. The summed E-state index contributed by atoms with van der Waals surface area (Å²) in [5.41, 5.74) is 6.89. The topological polar surface area (TPSA) is 47.7 Å². The van der Waals surface area contributed by atoms with Gasteiger partial charge in [0.15, 0.2) is 6.29 Å². The number of benzene rings is 1. The van der Waals surface area contributed by atoms with Crippen LogP contribution in [0.3, 0.4) is 0 Å². The zero-order valence-electron chi connectivity index (χ0n) is 10.6. The van der Waals surface area contributed by atoms with Crippen molar-refractivity contribution >= 4 is 0 Å². The third-order valence-electron chi connectivity index (χ3n) is 2.63. The van der Waals surface area contributed by atoms with E-state index in [1.807, 2.05) is 18.2 Å². The summed E-state index contributed by atoms with van der Waals surface area (Å²) in [5.74, 6) is 0. The molecule has 0 radical (unpaired) electrons. The molecule has 0 aliphatic carbocycles. The standard InChI is InChI=1S/C13H22N2O2/c1-16-13(17-2)11-15(9-8-14)10-12-6-4-3-5-7-12/h3-7,13H,8-11,14H2,1-2H3. The van der Waals surface area contributed by atoms with E-state index < -0.39 is 0 Å². The summed E-state index contributed by atoms with van der Waals surface area (Å²) < 4.78 is 10.4. The van der Waals surface area contributed by atoms with Crippen LogP contribution in [0.25, 0.3) is 0 Å². The van der Waals surface area contributed by atoms with Crippen molar-refractivity contribution in [1.82, 2.24) is 4.90 Å². The van der Waals surface area contributed by atoms with Crippen LogP contribution in [0.5, 0.6) is 0 Å². The van der Waals surface area contributed by atoms with Crippen LogP contribution in [0.2, 0.25) is 0 Å². The van der Waals surface area contributed by atoms with Crippen molar-refractivity contribution in [2.75, 3.05) is 33.9 Å². The number of nitrogens with zero attached hydrogens (tertiary/aromatic N) is 1. The maximum Gasteiger partial charge on any atom is 0.169 e. The monoisotopic (exact) mass is 238 g/mol. The third-order valence-corrected chi connectivity index (χ3v) is 2.63. The van der Waals surface area contributed by atoms with E-state index >= 15 is 0 Å². The maximum absolute atomic E-state index is 5.62. The van der Waals surface area contributed by atoms with Gasteiger partial charge in [-0.1, -0.05) is 30.3 Å². The van der Waals surface area contributed by atoms with Gasteiger partial charge < -0.3 is 15.2 Å². The molecule has 1 rings (SSSR count). The minimum atomic E-state index is -0.203. The molecule has 4 heteroatoms. The highest BCUT2D eigenvalue weighted by Crippen LogP contribution is 2.06. The Hall–Kier alpha value is -0.940. The third kappa shape index (κ3) is 5.28. The Morgan fingerprint density at radius 3 is 2.35 bits per heavy atom. The van der Waals surface area contributed by atoms with Gasteiger partial charge in [-0.25, -0.2) is 0 Å². The summed E-state index contributed by atoms with van der Waals surface area (Å²) in [6.45, 7) is 3.05. The molecule has 0 unspecified atom stereocenters. The second-order valence-electron chi connectivity index (χ2n) is 3.91. The molecule has 1 aromatic carbocycles. The van der Waals surface area contributed by atoms with Crippen molar-refractivity contribution in [1.29, 1.82) is 0 Å². The fourth-order valence-electron chi connectivity index (χ4n) is 1.72. The second-order valence-corrected chi connectivity index (χ2v) is 3.91. The van der Waals surface area contributed by atoms with E-state index in [4.69, 9.17) is 15.2 Å². The summed E-state index contributed by atoms with van der Waals surface area (Å²) in [6.07, 6.45) is -0.203. The van der Waals surface area contributed by atoms with Gasteiger partial charge in [0, 0.05) is 40.4 Å². The first kappa shape index (κ1) is 14.1. The van der Waals surface area contributed by atoms with Crippen molar-refractivity contribution in [3.05, 3.63) is 35.9 Å². The first-order valence-electron chi connectivity index (χ1n) is 5.82. The van der Waals surface area contributed by atoms with Crippen LogP contribution in [0.4, 0.5) is 0 Å². The highest BCUT2D eigenvalue weighted by atomic mass is 16.7. The Bertz CT molecular complexity index is 289. The molecule has 0 fully saturated rings. The van der Waals surface area contributed by atoms with Gasteiger partial charge in [-0.2, -0.15) is 0 Å². The molecule has 0 spiro atoms. The number of rotatable bonds is 8. The van der Waals surface area contributed by atoms with Gasteiger partial charge in [0.05, 0.1) is 0 Å². The Morgan fingerprint density at radius 2 is 1.82 bits per heavy atom. The van der Waals surface area contributed by atoms with Crippen molar-refractivity contribution in [2.45, 2.75) is 12.8 Å². The average molecular weight is 238 g/mol. The molecular weight excluding hydrogens is 216 g/mol. The second kappa shape index (κ2) is 8.20. The number of nitrogens with two attached hydrogens (primary N) is 1.